The number of sulfonamides is 1. The molecule has 3 rings (SSSR count). The van der Waals surface area contributed by atoms with E-state index in [1.807, 2.05) is 65.0 Å². The van der Waals surface area contributed by atoms with E-state index in [9.17, 15) is 18.0 Å². The standard InChI is InChI=1S/C31H39N3O5S/c1-21(2)32-31(36)25(6)33(19-26-10-8-9-23(4)17-26)30(35)20-34(28-18-24(5)13-16-29(28)39-7)40(37,38)27-14-11-22(3)12-15-27/h8-18,21,25H,19-20H2,1-7H3,(H,32,36). The number of hydrogen-bond donors (Lipinski definition) is 1. The van der Waals surface area contributed by atoms with E-state index in [-0.39, 0.29) is 29.1 Å². The fourth-order valence-electron chi connectivity index (χ4n) is 4.34. The number of nitrogens with zero attached hydrogens (tertiary/aromatic N) is 2. The van der Waals surface area contributed by atoms with Gasteiger partial charge in [0.1, 0.15) is 18.3 Å². The van der Waals surface area contributed by atoms with Crippen LogP contribution in [0, 0.1) is 20.8 Å². The Kier molecular flexibility index (Phi) is 9.98. The van der Waals surface area contributed by atoms with Gasteiger partial charge in [-0.3, -0.25) is 13.9 Å². The molecule has 1 N–H and O–H groups in total. The Labute approximate surface area is 238 Å². The van der Waals surface area contributed by atoms with Gasteiger partial charge in [-0.05, 0) is 76.9 Å². The fraction of sp³-hybridized carbons (Fsp3) is 0.355. The van der Waals surface area contributed by atoms with Gasteiger partial charge in [0.25, 0.3) is 10.0 Å². The Morgan fingerprint density at radius 2 is 1.50 bits per heavy atom. The minimum Gasteiger partial charge on any atom is -0.495 e. The number of nitrogens with one attached hydrogen (secondary N) is 1. The minimum absolute atomic E-state index is 0.0466. The molecule has 0 aromatic heterocycles. The summed E-state index contributed by atoms with van der Waals surface area (Å²) in [5.41, 5.74) is 3.79. The average Bonchev–Trinajstić information content (AvgIpc) is 2.89. The third-order valence-corrected chi connectivity index (χ3v) is 8.30. The molecule has 0 saturated heterocycles. The van der Waals surface area contributed by atoms with E-state index in [1.54, 1.807) is 31.2 Å². The maximum Gasteiger partial charge on any atom is 0.264 e. The Bertz CT molecular complexity index is 1450. The summed E-state index contributed by atoms with van der Waals surface area (Å²) in [5, 5.41) is 2.86. The van der Waals surface area contributed by atoms with Crippen LogP contribution in [0.25, 0.3) is 0 Å². The summed E-state index contributed by atoms with van der Waals surface area (Å²) in [6.07, 6.45) is 0. The second kappa shape index (κ2) is 13.0. The maximum absolute atomic E-state index is 14.1. The topological polar surface area (TPSA) is 96.0 Å². The van der Waals surface area contributed by atoms with Crippen LogP contribution < -0.4 is 14.4 Å². The van der Waals surface area contributed by atoms with E-state index in [1.165, 1.54) is 24.1 Å². The normalized spacial score (nSPS) is 12.1. The highest BCUT2D eigenvalue weighted by molar-refractivity contribution is 7.92. The van der Waals surface area contributed by atoms with E-state index in [2.05, 4.69) is 5.32 Å². The molecule has 8 nitrogen and oxygen atoms in total. The smallest absolute Gasteiger partial charge is 0.264 e. The van der Waals surface area contributed by atoms with Gasteiger partial charge < -0.3 is 15.0 Å². The maximum atomic E-state index is 14.1. The summed E-state index contributed by atoms with van der Waals surface area (Å²) in [4.78, 5) is 28.6. The number of methoxy groups -OCH3 is 1. The van der Waals surface area contributed by atoms with Gasteiger partial charge in [-0.1, -0.05) is 53.6 Å². The molecule has 3 aromatic rings. The number of carbonyl (C=O) groups is 2. The molecule has 1 unspecified atom stereocenters. The van der Waals surface area contributed by atoms with Crippen molar-refractivity contribution in [3.05, 3.63) is 89.0 Å². The van der Waals surface area contributed by atoms with Crippen LogP contribution >= 0.6 is 0 Å². The van der Waals surface area contributed by atoms with Gasteiger partial charge in [0, 0.05) is 12.6 Å². The first-order chi connectivity index (χ1) is 18.8. The molecule has 0 fully saturated rings. The highest BCUT2D eigenvalue weighted by atomic mass is 32.2. The lowest BCUT2D eigenvalue weighted by molar-refractivity contribution is -0.139. The van der Waals surface area contributed by atoms with Gasteiger partial charge in [-0.25, -0.2) is 8.42 Å². The van der Waals surface area contributed by atoms with Crippen LogP contribution in [0.2, 0.25) is 0 Å². The quantitative estimate of drug-likeness (QED) is 0.362. The zero-order valence-corrected chi connectivity index (χ0v) is 25.1. The van der Waals surface area contributed by atoms with Crippen molar-refractivity contribution in [2.45, 2.75) is 65.1 Å². The first-order valence-electron chi connectivity index (χ1n) is 13.2. The van der Waals surface area contributed by atoms with Crippen molar-refractivity contribution in [2.75, 3.05) is 18.0 Å². The predicted molar refractivity (Wildman–Crippen MR) is 158 cm³/mol. The molecule has 0 heterocycles. The van der Waals surface area contributed by atoms with Crippen molar-refractivity contribution in [3.63, 3.8) is 0 Å². The highest BCUT2D eigenvalue weighted by Gasteiger charge is 2.34. The molecule has 0 saturated carbocycles. The Balaban J connectivity index is 2.11. The van der Waals surface area contributed by atoms with Crippen molar-refractivity contribution in [3.8, 4) is 5.75 Å². The number of benzene rings is 3. The molecule has 0 aliphatic carbocycles. The summed E-state index contributed by atoms with van der Waals surface area (Å²) < 4.78 is 34.7. The molecule has 9 heteroatoms. The van der Waals surface area contributed by atoms with E-state index in [4.69, 9.17) is 4.74 Å². The number of amides is 2. The largest absolute Gasteiger partial charge is 0.495 e. The van der Waals surface area contributed by atoms with E-state index in [0.29, 0.717) is 5.75 Å². The van der Waals surface area contributed by atoms with Gasteiger partial charge in [0.15, 0.2) is 0 Å². The monoisotopic (exact) mass is 565 g/mol. The molecule has 0 bridgehead atoms. The molecule has 214 valence electrons. The molecular weight excluding hydrogens is 526 g/mol. The zero-order chi connectivity index (χ0) is 29.6. The second-order valence-corrected chi connectivity index (χ2v) is 12.2. The summed E-state index contributed by atoms with van der Waals surface area (Å²) in [5.74, 6) is -0.533. The van der Waals surface area contributed by atoms with Crippen molar-refractivity contribution in [1.29, 1.82) is 0 Å². The molecule has 2 amide bonds. The lowest BCUT2D eigenvalue weighted by Crippen LogP contribution is -2.52. The third kappa shape index (κ3) is 7.41. The van der Waals surface area contributed by atoms with E-state index < -0.39 is 28.5 Å². The van der Waals surface area contributed by atoms with E-state index in [0.717, 1.165) is 26.6 Å². The summed E-state index contributed by atoms with van der Waals surface area (Å²) >= 11 is 0. The van der Waals surface area contributed by atoms with Gasteiger partial charge in [0.05, 0.1) is 17.7 Å². The lowest BCUT2D eigenvalue weighted by atomic mass is 10.1. The van der Waals surface area contributed by atoms with Crippen molar-refractivity contribution in [1.82, 2.24) is 10.2 Å². The molecule has 0 radical (unpaired) electrons. The lowest BCUT2D eigenvalue weighted by Gasteiger charge is -2.32. The number of rotatable bonds is 11. The van der Waals surface area contributed by atoms with Crippen LogP contribution in [0.1, 0.15) is 43.0 Å². The van der Waals surface area contributed by atoms with E-state index >= 15 is 0 Å². The van der Waals surface area contributed by atoms with Gasteiger partial charge >= 0.3 is 0 Å². The first-order valence-corrected chi connectivity index (χ1v) is 14.7. The summed E-state index contributed by atoms with van der Waals surface area (Å²) in [6.45, 7) is 10.6. The molecule has 3 aromatic carbocycles. The van der Waals surface area contributed by atoms with Crippen LogP contribution in [0.5, 0.6) is 5.75 Å². The molecule has 0 spiro atoms. The number of ether oxygens (including phenoxy) is 1. The van der Waals surface area contributed by atoms with Crippen LogP contribution in [0.4, 0.5) is 5.69 Å². The van der Waals surface area contributed by atoms with Crippen LogP contribution in [0.3, 0.4) is 0 Å². The van der Waals surface area contributed by atoms with Gasteiger partial charge in [-0.15, -0.1) is 0 Å². The van der Waals surface area contributed by atoms with Crippen molar-refractivity contribution < 1.29 is 22.7 Å². The number of anilines is 1. The number of hydrogen-bond acceptors (Lipinski definition) is 5. The average molecular weight is 566 g/mol. The van der Waals surface area contributed by atoms with Crippen molar-refractivity contribution >= 4 is 27.5 Å². The molecule has 0 aliphatic rings. The second-order valence-electron chi connectivity index (χ2n) is 10.3. The zero-order valence-electron chi connectivity index (χ0n) is 24.3. The minimum atomic E-state index is -4.19. The van der Waals surface area contributed by atoms with Crippen LogP contribution in [0.15, 0.2) is 71.6 Å². The third-order valence-electron chi connectivity index (χ3n) is 6.52. The Morgan fingerprint density at radius 1 is 0.875 bits per heavy atom. The van der Waals surface area contributed by atoms with Gasteiger partial charge in [-0.2, -0.15) is 0 Å². The molecule has 1 atom stereocenters. The summed E-state index contributed by atoms with van der Waals surface area (Å²) in [6, 6.07) is 18.3. The van der Waals surface area contributed by atoms with Crippen LogP contribution in [-0.2, 0) is 26.2 Å². The Morgan fingerprint density at radius 3 is 2.10 bits per heavy atom. The van der Waals surface area contributed by atoms with Crippen LogP contribution in [-0.4, -0.2) is 50.9 Å². The molecule has 40 heavy (non-hydrogen) atoms. The van der Waals surface area contributed by atoms with Crippen molar-refractivity contribution in [2.24, 2.45) is 0 Å². The highest BCUT2D eigenvalue weighted by Crippen LogP contribution is 2.34. The molecule has 0 aliphatic heterocycles. The first kappa shape index (κ1) is 30.7. The fourth-order valence-corrected chi connectivity index (χ4v) is 5.76. The molecular formula is C31H39N3O5S. The SMILES string of the molecule is COc1ccc(C)cc1N(CC(=O)N(Cc1cccc(C)c1)C(C)C(=O)NC(C)C)S(=O)(=O)c1ccc(C)cc1. The van der Waals surface area contributed by atoms with Gasteiger partial charge in [0.2, 0.25) is 11.8 Å². The number of aryl methyl sites for hydroxylation is 3. The predicted octanol–water partition coefficient (Wildman–Crippen LogP) is 4.76. The Hall–Kier alpha value is -3.85. The number of carbonyl (C=O) groups excluding carboxylic acids is 2. The summed E-state index contributed by atoms with van der Waals surface area (Å²) in [7, 11) is -2.73.